The highest BCUT2D eigenvalue weighted by molar-refractivity contribution is 14.0. The molecule has 160 valence electrons. The largest absolute Gasteiger partial charge is 0.356 e. The Morgan fingerprint density at radius 1 is 1.18 bits per heavy atom. The molecule has 1 spiro atoms. The Balaban J connectivity index is 0.00000280. The van der Waals surface area contributed by atoms with Gasteiger partial charge in [0.15, 0.2) is 11.8 Å². The summed E-state index contributed by atoms with van der Waals surface area (Å²) in [7, 11) is 1.91. The summed E-state index contributed by atoms with van der Waals surface area (Å²) in [5, 5.41) is 7.60. The summed E-state index contributed by atoms with van der Waals surface area (Å²) < 4.78 is 5.33. The number of guanidine groups is 1. The first-order valence-corrected chi connectivity index (χ1v) is 10.9. The van der Waals surface area contributed by atoms with E-state index < -0.39 is 0 Å². The van der Waals surface area contributed by atoms with Gasteiger partial charge in [0, 0.05) is 39.0 Å². The first-order valence-electron chi connectivity index (χ1n) is 10.9. The van der Waals surface area contributed by atoms with Crippen LogP contribution in [0, 0.1) is 5.41 Å². The van der Waals surface area contributed by atoms with E-state index in [9.17, 15) is 0 Å². The van der Waals surface area contributed by atoms with Crippen LogP contribution in [0.4, 0.5) is 0 Å². The van der Waals surface area contributed by atoms with Crippen LogP contribution in [0.5, 0.6) is 0 Å². The van der Waals surface area contributed by atoms with E-state index in [1.807, 2.05) is 7.05 Å². The van der Waals surface area contributed by atoms with Crippen molar-refractivity contribution in [1.29, 1.82) is 0 Å². The topological polar surface area (TPSA) is 66.5 Å². The van der Waals surface area contributed by atoms with Crippen LogP contribution >= 0.6 is 24.0 Å². The van der Waals surface area contributed by atoms with E-state index in [2.05, 4.69) is 39.2 Å². The second-order valence-electron chi connectivity index (χ2n) is 8.72. The van der Waals surface area contributed by atoms with Gasteiger partial charge >= 0.3 is 0 Å². The molecule has 1 aromatic rings. The van der Waals surface area contributed by atoms with Gasteiger partial charge in [-0.2, -0.15) is 4.98 Å². The lowest BCUT2D eigenvalue weighted by atomic mass is 9.74. The molecule has 1 aliphatic heterocycles. The number of aromatic nitrogens is 2. The maximum absolute atomic E-state index is 5.33. The monoisotopic (exact) mass is 503 g/mol. The number of hydrogen-bond donors (Lipinski definition) is 1. The van der Waals surface area contributed by atoms with Gasteiger partial charge in [0.1, 0.15) is 0 Å². The molecule has 1 saturated heterocycles. The first kappa shape index (κ1) is 23.4. The van der Waals surface area contributed by atoms with Gasteiger partial charge < -0.3 is 14.7 Å². The van der Waals surface area contributed by atoms with Crippen LogP contribution in [0.1, 0.15) is 89.3 Å². The Bertz CT molecular complexity index is 608. The number of piperidine rings is 1. The quantitative estimate of drug-likeness (QED) is 0.272. The van der Waals surface area contributed by atoms with Crippen molar-refractivity contribution in [3.05, 3.63) is 11.7 Å². The highest BCUT2D eigenvalue weighted by atomic mass is 127. The van der Waals surface area contributed by atoms with Gasteiger partial charge in [-0.15, -0.1) is 24.0 Å². The maximum Gasteiger partial charge on any atom is 0.226 e. The summed E-state index contributed by atoms with van der Waals surface area (Å²) in [5.41, 5.74) is 0.531. The predicted molar refractivity (Wildman–Crippen MR) is 124 cm³/mol. The second-order valence-corrected chi connectivity index (χ2v) is 8.72. The molecule has 0 atom stereocenters. The van der Waals surface area contributed by atoms with Crippen LogP contribution in [-0.2, 0) is 6.42 Å². The molecule has 6 nitrogen and oxygen atoms in total. The molecule has 0 aromatic carbocycles. The van der Waals surface area contributed by atoms with E-state index in [1.54, 1.807) is 0 Å². The zero-order valence-electron chi connectivity index (χ0n) is 17.9. The lowest BCUT2D eigenvalue weighted by Crippen LogP contribution is -2.50. The predicted octanol–water partition coefficient (Wildman–Crippen LogP) is 4.76. The summed E-state index contributed by atoms with van der Waals surface area (Å²) in [6, 6.07) is 0. The molecule has 0 bridgehead atoms. The van der Waals surface area contributed by atoms with Gasteiger partial charge in [0.25, 0.3) is 0 Å². The number of nitrogens with one attached hydrogen (secondary N) is 1. The molecule has 28 heavy (non-hydrogen) atoms. The molecule has 2 fully saturated rings. The summed E-state index contributed by atoms with van der Waals surface area (Å²) in [6.45, 7) is 7.35. The highest BCUT2D eigenvalue weighted by Gasteiger charge is 2.36. The standard InChI is InChI=1S/C21H37N5O.HI/c1-17(2)19-24-18(27-25-19)10-8-14-23-20(22-3)26-15-9-13-21(16-26)11-6-4-5-7-12-21;/h17H,4-16H2,1-3H3,(H,22,23);1H. The van der Waals surface area contributed by atoms with Crippen molar-refractivity contribution in [3.63, 3.8) is 0 Å². The van der Waals surface area contributed by atoms with Crippen molar-refractivity contribution in [2.75, 3.05) is 26.7 Å². The van der Waals surface area contributed by atoms with Gasteiger partial charge in [0.05, 0.1) is 0 Å². The third-order valence-corrected chi connectivity index (χ3v) is 6.19. The Kier molecular flexibility index (Phi) is 9.50. The number of aliphatic imine (C=N–C) groups is 1. The van der Waals surface area contributed by atoms with E-state index in [0.29, 0.717) is 11.3 Å². The fourth-order valence-electron chi connectivity index (χ4n) is 4.65. The van der Waals surface area contributed by atoms with Crippen LogP contribution in [0.15, 0.2) is 9.52 Å². The Morgan fingerprint density at radius 2 is 1.89 bits per heavy atom. The summed E-state index contributed by atoms with van der Waals surface area (Å²) in [4.78, 5) is 11.5. The lowest BCUT2D eigenvalue weighted by Gasteiger charge is -2.44. The minimum atomic E-state index is 0. The van der Waals surface area contributed by atoms with Crippen LogP contribution < -0.4 is 5.32 Å². The fraction of sp³-hybridized carbons (Fsp3) is 0.857. The van der Waals surface area contributed by atoms with Crippen molar-refractivity contribution in [3.8, 4) is 0 Å². The molecule has 7 heteroatoms. The summed E-state index contributed by atoms with van der Waals surface area (Å²) in [5.74, 6) is 2.92. The highest BCUT2D eigenvalue weighted by Crippen LogP contribution is 2.42. The van der Waals surface area contributed by atoms with Gasteiger partial charge in [0.2, 0.25) is 5.89 Å². The minimum Gasteiger partial charge on any atom is -0.356 e. The van der Waals surface area contributed by atoms with Crippen LogP contribution in [0.25, 0.3) is 0 Å². The van der Waals surface area contributed by atoms with E-state index in [0.717, 1.165) is 43.6 Å². The van der Waals surface area contributed by atoms with Gasteiger partial charge in [-0.1, -0.05) is 44.7 Å². The molecular formula is C21H38IN5O. The maximum atomic E-state index is 5.33. The van der Waals surface area contributed by atoms with E-state index in [4.69, 9.17) is 4.52 Å². The number of halogens is 1. The average molecular weight is 503 g/mol. The minimum absolute atomic E-state index is 0. The molecule has 0 radical (unpaired) electrons. The Labute approximate surface area is 187 Å². The normalized spacial score (nSPS) is 20.1. The van der Waals surface area contributed by atoms with E-state index in [-0.39, 0.29) is 24.0 Å². The van der Waals surface area contributed by atoms with Crippen molar-refractivity contribution < 1.29 is 4.52 Å². The second kappa shape index (κ2) is 11.4. The van der Waals surface area contributed by atoms with E-state index >= 15 is 0 Å². The first-order chi connectivity index (χ1) is 13.1. The molecule has 0 unspecified atom stereocenters. The molecular weight excluding hydrogens is 465 g/mol. The van der Waals surface area contributed by atoms with Crippen LogP contribution in [0.3, 0.4) is 0 Å². The SMILES string of the molecule is CN=C(NCCCc1nc(C(C)C)no1)N1CCCC2(CCCCCC2)C1.I. The number of rotatable bonds is 5. The third kappa shape index (κ3) is 6.32. The lowest BCUT2D eigenvalue weighted by molar-refractivity contribution is 0.115. The molecule has 0 amide bonds. The fourth-order valence-corrected chi connectivity index (χ4v) is 4.65. The number of aryl methyl sites for hydroxylation is 1. The third-order valence-electron chi connectivity index (χ3n) is 6.19. The van der Waals surface area contributed by atoms with Crippen molar-refractivity contribution in [2.24, 2.45) is 10.4 Å². The smallest absolute Gasteiger partial charge is 0.226 e. The average Bonchev–Trinajstić information content (AvgIpc) is 3.04. The summed E-state index contributed by atoms with van der Waals surface area (Å²) in [6.07, 6.45) is 12.9. The van der Waals surface area contributed by atoms with Crippen molar-refractivity contribution in [1.82, 2.24) is 20.4 Å². The van der Waals surface area contributed by atoms with Gasteiger partial charge in [-0.05, 0) is 37.5 Å². The van der Waals surface area contributed by atoms with Crippen molar-refractivity contribution >= 4 is 29.9 Å². The summed E-state index contributed by atoms with van der Waals surface area (Å²) >= 11 is 0. The molecule has 1 aliphatic carbocycles. The number of likely N-dealkylation sites (tertiary alicyclic amines) is 1. The molecule has 2 aliphatic rings. The van der Waals surface area contributed by atoms with Gasteiger partial charge in [-0.25, -0.2) is 0 Å². The number of hydrogen-bond acceptors (Lipinski definition) is 4. The van der Waals surface area contributed by atoms with Crippen LogP contribution in [-0.4, -0.2) is 47.7 Å². The van der Waals surface area contributed by atoms with Gasteiger partial charge in [-0.3, -0.25) is 4.99 Å². The molecule has 3 rings (SSSR count). The Morgan fingerprint density at radius 3 is 2.54 bits per heavy atom. The zero-order chi connectivity index (χ0) is 19.1. The van der Waals surface area contributed by atoms with Crippen LogP contribution in [0.2, 0.25) is 0 Å². The molecule has 2 heterocycles. The molecule has 1 saturated carbocycles. The van der Waals surface area contributed by atoms with Crippen molar-refractivity contribution in [2.45, 2.75) is 84.0 Å². The van der Waals surface area contributed by atoms with E-state index in [1.165, 1.54) is 57.9 Å². The molecule has 1 aromatic heterocycles. The Hall–Kier alpha value is -0.860. The zero-order valence-corrected chi connectivity index (χ0v) is 20.2. The number of nitrogens with zero attached hydrogens (tertiary/aromatic N) is 4. The molecule has 1 N–H and O–H groups in total.